The number of nitrogen functional groups attached to an aromatic ring is 1. The molecule has 0 spiro atoms. The Balaban J connectivity index is 1.86. The number of hydrogen-bond acceptors (Lipinski definition) is 7. The molecule has 5 N–H and O–H groups in total. The van der Waals surface area contributed by atoms with Crippen LogP contribution in [0.4, 0.5) is 11.5 Å². The second kappa shape index (κ2) is 7.09. The molecule has 0 atom stereocenters. The van der Waals surface area contributed by atoms with Gasteiger partial charge in [0.05, 0.1) is 23.8 Å². The second-order valence-corrected chi connectivity index (χ2v) is 7.25. The zero-order chi connectivity index (χ0) is 19.6. The number of carbonyl (C=O) groups excluding carboxylic acids is 1. The number of nitrogens with zero attached hydrogens (tertiary/aromatic N) is 3. The minimum Gasteiger partial charge on any atom is -0.382 e. The first-order valence-electron chi connectivity index (χ1n) is 7.74. The van der Waals surface area contributed by atoms with Gasteiger partial charge in [-0.15, -0.1) is 0 Å². The summed E-state index contributed by atoms with van der Waals surface area (Å²) < 4.78 is 22.4. The number of primary sulfonamides is 1. The Hall–Kier alpha value is -3.37. The summed E-state index contributed by atoms with van der Waals surface area (Å²) in [7, 11) is -3.91. The molecule has 0 aliphatic heterocycles. The fourth-order valence-corrected chi connectivity index (χ4v) is 2.70. The number of aryl methyl sites for hydroxylation is 1. The molecule has 3 rings (SSSR count). The second-order valence-electron chi connectivity index (χ2n) is 5.74. The first-order chi connectivity index (χ1) is 12.7. The third kappa shape index (κ3) is 4.25. The lowest BCUT2D eigenvalue weighted by molar-refractivity contribution is 0.102. The maximum atomic E-state index is 12.5. The third-order valence-electron chi connectivity index (χ3n) is 3.65. The fourth-order valence-electron chi connectivity index (χ4n) is 2.24. The summed E-state index contributed by atoms with van der Waals surface area (Å²) in [5, 5.41) is 7.23. The Morgan fingerprint density at radius 1 is 1.04 bits per heavy atom. The summed E-state index contributed by atoms with van der Waals surface area (Å²) in [6.45, 7) is 1.96. The van der Waals surface area contributed by atoms with Gasteiger partial charge < -0.3 is 11.1 Å². The van der Waals surface area contributed by atoms with Gasteiger partial charge in [-0.05, 0) is 19.1 Å². The monoisotopic (exact) mass is 384 g/mol. The average Bonchev–Trinajstić information content (AvgIpc) is 2.62. The average molecular weight is 384 g/mol. The lowest BCUT2D eigenvalue weighted by Gasteiger charge is -2.08. The van der Waals surface area contributed by atoms with Crippen molar-refractivity contribution < 1.29 is 13.2 Å². The maximum absolute atomic E-state index is 12.5. The van der Waals surface area contributed by atoms with Crippen LogP contribution in [0.15, 0.2) is 53.8 Å². The van der Waals surface area contributed by atoms with Crippen LogP contribution in [0.3, 0.4) is 0 Å². The molecule has 2 aromatic heterocycles. The molecule has 0 aliphatic rings. The highest BCUT2D eigenvalue weighted by molar-refractivity contribution is 7.89. The maximum Gasteiger partial charge on any atom is 0.278 e. The number of nitrogens with two attached hydrogens (primary N) is 2. The molecule has 2 heterocycles. The largest absolute Gasteiger partial charge is 0.382 e. The van der Waals surface area contributed by atoms with Crippen molar-refractivity contribution in [3.05, 3.63) is 60.0 Å². The standard InChI is InChI=1S/C17H16N6O3S/c1-10-2-4-11(5-3-10)13-9-21-16(18)15(23-13)17(24)22-12-6-7-14(20-8-12)27(19,25)26/h2-9H,1H3,(H2,18,21)(H,22,24)(H2,19,25,26). The molecule has 138 valence electrons. The van der Waals surface area contributed by atoms with E-state index in [1.165, 1.54) is 24.5 Å². The van der Waals surface area contributed by atoms with Gasteiger partial charge >= 0.3 is 0 Å². The summed E-state index contributed by atoms with van der Waals surface area (Å²) in [4.78, 5) is 24.5. The van der Waals surface area contributed by atoms with Gasteiger partial charge in [0.15, 0.2) is 16.5 Å². The van der Waals surface area contributed by atoms with E-state index in [2.05, 4.69) is 20.3 Å². The number of rotatable bonds is 4. The van der Waals surface area contributed by atoms with Crippen LogP contribution in [0.2, 0.25) is 0 Å². The number of pyridine rings is 1. The minimum atomic E-state index is -3.91. The number of benzene rings is 1. The number of anilines is 2. The minimum absolute atomic E-state index is 0.0301. The van der Waals surface area contributed by atoms with Gasteiger partial charge in [0, 0.05) is 5.56 Å². The molecule has 0 saturated heterocycles. The van der Waals surface area contributed by atoms with Crippen LogP contribution in [-0.4, -0.2) is 29.3 Å². The number of sulfonamides is 1. The van der Waals surface area contributed by atoms with Gasteiger partial charge in [0.2, 0.25) is 0 Å². The highest BCUT2D eigenvalue weighted by Gasteiger charge is 2.16. The molecule has 10 heteroatoms. The predicted octanol–water partition coefficient (Wildman–Crippen LogP) is 1.33. The number of hydrogen-bond donors (Lipinski definition) is 3. The molecule has 27 heavy (non-hydrogen) atoms. The van der Waals surface area contributed by atoms with E-state index in [1.54, 1.807) is 0 Å². The van der Waals surface area contributed by atoms with Crippen molar-refractivity contribution in [1.29, 1.82) is 0 Å². The molecule has 1 aromatic carbocycles. The van der Waals surface area contributed by atoms with E-state index in [4.69, 9.17) is 10.9 Å². The highest BCUT2D eigenvalue weighted by Crippen LogP contribution is 2.20. The van der Waals surface area contributed by atoms with E-state index >= 15 is 0 Å². The van der Waals surface area contributed by atoms with E-state index in [-0.39, 0.29) is 22.2 Å². The SMILES string of the molecule is Cc1ccc(-c2cnc(N)c(C(=O)Nc3ccc(S(N)(=O)=O)nc3)n2)cc1. The molecular weight excluding hydrogens is 368 g/mol. The molecule has 0 fully saturated rings. The number of nitrogens with one attached hydrogen (secondary N) is 1. The van der Waals surface area contributed by atoms with E-state index in [1.807, 2.05) is 31.2 Å². The lowest BCUT2D eigenvalue weighted by Crippen LogP contribution is -2.18. The molecule has 9 nitrogen and oxygen atoms in total. The van der Waals surface area contributed by atoms with Crippen LogP contribution in [-0.2, 0) is 10.0 Å². The van der Waals surface area contributed by atoms with Crippen LogP contribution in [0, 0.1) is 6.92 Å². The van der Waals surface area contributed by atoms with Crippen LogP contribution in [0.1, 0.15) is 16.1 Å². The number of aromatic nitrogens is 3. The Labute approximate surface area is 155 Å². The van der Waals surface area contributed by atoms with E-state index in [0.29, 0.717) is 5.69 Å². The quantitative estimate of drug-likeness (QED) is 0.613. The van der Waals surface area contributed by atoms with Crippen LogP contribution in [0.5, 0.6) is 0 Å². The van der Waals surface area contributed by atoms with Gasteiger partial charge in [0.25, 0.3) is 15.9 Å². The van der Waals surface area contributed by atoms with Gasteiger partial charge in [0.1, 0.15) is 0 Å². The first kappa shape index (κ1) is 18.4. The molecule has 0 unspecified atom stereocenters. The summed E-state index contributed by atoms with van der Waals surface area (Å²) >= 11 is 0. The predicted molar refractivity (Wildman–Crippen MR) is 100 cm³/mol. The van der Waals surface area contributed by atoms with Crippen molar-refractivity contribution in [1.82, 2.24) is 15.0 Å². The molecule has 1 amide bonds. The Kier molecular flexibility index (Phi) is 4.84. The zero-order valence-electron chi connectivity index (χ0n) is 14.2. The third-order valence-corrected chi connectivity index (χ3v) is 4.47. The van der Waals surface area contributed by atoms with Gasteiger partial charge in [-0.2, -0.15) is 0 Å². The highest BCUT2D eigenvalue weighted by atomic mass is 32.2. The van der Waals surface area contributed by atoms with Gasteiger partial charge in [-0.1, -0.05) is 29.8 Å². The summed E-state index contributed by atoms with van der Waals surface area (Å²) in [5.41, 5.74) is 8.37. The normalized spacial score (nSPS) is 11.2. The van der Waals surface area contributed by atoms with Crippen LogP contribution >= 0.6 is 0 Å². The molecule has 0 saturated carbocycles. The van der Waals surface area contributed by atoms with E-state index in [9.17, 15) is 13.2 Å². The summed E-state index contributed by atoms with van der Waals surface area (Å²) in [6, 6.07) is 10.1. The van der Waals surface area contributed by atoms with Crippen molar-refractivity contribution in [3.63, 3.8) is 0 Å². The summed E-state index contributed by atoms with van der Waals surface area (Å²) in [6.07, 6.45) is 2.66. The Bertz CT molecular complexity index is 1100. The molecule has 0 aliphatic carbocycles. The van der Waals surface area contributed by atoms with Crippen LogP contribution < -0.4 is 16.2 Å². The van der Waals surface area contributed by atoms with Gasteiger partial charge in [-0.3, -0.25) is 4.79 Å². The fraction of sp³-hybridized carbons (Fsp3) is 0.0588. The van der Waals surface area contributed by atoms with Crippen molar-refractivity contribution in [2.45, 2.75) is 11.9 Å². The van der Waals surface area contributed by atoms with Crippen molar-refractivity contribution >= 4 is 27.4 Å². The van der Waals surface area contributed by atoms with Gasteiger partial charge in [-0.25, -0.2) is 28.5 Å². The van der Waals surface area contributed by atoms with Crippen molar-refractivity contribution in [2.75, 3.05) is 11.1 Å². The molecule has 3 aromatic rings. The topological polar surface area (TPSA) is 154 Å². The smallest absolute Gasteiger partial charge is 0.278 e. The van der Waals surface area contributed by atoms with Crippen molar-refractivity contribution in [3.8, 4) is 11.3 Å². The number of amides is 1. The van der Waals surface area contributed by atoms with E-state index < -0.39 is 15.9 Å². The molecular formula is C17H16N6O3S. The summed E-state index contributed by atoms with van der Waals surface area (Å²) in [5.74, 6) is -0.628. The van der Waals surface area contributed by atoms with Crippen molar-refractivity contribution in [2.24, 2.45) is 5.14 Å². The lowest BCUT2D eigenvalue weighted by atomic mass is 10.1. The molecule has 0 radical (unpaired) electrons. The zero-order valence-corrected chi connectivity index (χ0v) is 15.1. The Morgan fingerprint density at radius 3 is 2.33 bits per heavy atom. The Morgan fingerprint density at radius 2 is 1.74 bits per heavy atom. The van der Waals surface area contributed by atoms with Crippen LogP contribution in [0.25, 0.3) is 11.3 Å². The number of carbonyl (C=O) groups is 1. The first-order valence-corrected chi connectivity index (χ1v) is 9.28. The molecule has 0 bridgehead atoms. The van der Waals surface area contributed by atoms with E-state index in [0.717, 1.165) is 11.1 Å².